The van der Waals surface area contributed by atoms with Gasteiger partial charge in [0.15, 0.2) is 0 Å². The molecule has 1 saturated carbocycles. The van der Waals surface area contributed by atoms with Crippen LogP contribution in [0.5, 0.6) is 0 Å². The zero-order valence-corrected chi connectivity index (χ0v) is 10.7. The van der Waals surface area contributed by atoms with Crippen LogP contribution in [-0.4, -0.2) is 5.78 Å². The summed E-state index contributed by atoms with van der Waals surface area (Å²) in [5, 5.41) is 0. The van der Waals surface area contributed by atoms with Crippen LogP contribution < -0.4 is 0 Å². The van der Waals surface area contributed by atoms with E-state index in [0.29, 0.717) is 11.7 Å². The highest BCUT2D eigenvalue weighted by molar-refractivity contribution is 5.82. The Hall–Kier alpha value is -0.590. The van der Waals surface area contributed by atoms with Gasteiger partial charge in [-0.3, -0.25) is 4.79 Å². The Morgan fingerprint density at radius 2 is 2.19 bits per heavy atom. The molecule has 0 bridgehead atoms. The van der Waals surface area contributed by atoms with Crippen LogP contribution in [-0.2, 0) is 4.79 Å². The Balaban J connectivity index is 1.83. The standard InChI is InChI=1S/C15H24O/c1-11-6-8-13(9-7-11)12(2)10-14-4-3-5-15(14)16/h6,12-14H,3-5,7-10H2,1-2H3/t12-,13+,14-/m1/s1. The summed E-state index contributed by atoms with van der Waals surface area (Å²) >= 11 is 0. The number of ketones is 1. The third-order valence-electron chi connectivity index (χ3n) is 4.57. The zero-order valence-electron chi connectivity index (χ0n) is 10.7. The number of Topliss-reactive ketones (excluding diaryl/α,β-unsaturated/α-hetero) is 1. The van der Waals surface area contributed by atoms with E-state index in [4.69, 9.17) is 0 Å². The van der Waals surface area contributed by atoms with Crippen LogP contribution in [0.3, 0.4) is 0 Å². The maximum atomic E-state index is 11.6. The zero-order chi connectivity index (χ0) is 11.5. The van der Waals surface area contributed by atoms with Crippen molar-refractivity contribution in [2.24, 2.45) is 17.8 Å². The summed E-state index contributed by atoms with van der Waals surface area (Å²) in [6.07, 6.45) is 10.6. The van der Waals surface area contributed by atoms with Crippen LogP contribution in [0, 0.1) is 17.8 Å². The molecule has 0 aromatic heterocycles. The quantitative estimate of drug-likeness (QED) is 0.654. The van der Waals surface area contributed by atoms with Crippen LogP contribution in [0.1, 0.15) is 58.8 Å². The topological polar surface area (TPSA) is 17.1 Å². The molecule has 1 heteroatoms. The van der Waals surface area contributed by atoms with Gasteiger partial charge in [0.2, 0.25) is 0 Å². The van der Waals surface area contributed by atoms with E-state index in [1.807, 2.05) is 0 Å². The molecule has 0 saturated heterocycles. The summed E-state index contributed by atoms with van der Waals surface area (Å²) in [5.41, 5.74) is 1.56. The maximum Gasteiger partial charge on any atom is 0.135 e. The molecule has 16 heavy (non-hydrogen) atoms. The first-order valence-corrected chi connectivity index (χ1v) is 6.85. The van der Waals surface area contributed by atoms with Crippen molar-refractivity contribution in [2.45, 2.75) is 58.8 Å². The number of rotatable bonds is 3. The largest absolute Gasteiger partial charge is 0.299 e. The minimum atomic E-state index is 0.405. The molecular formula is C15H24O. The molecule has 0 N–H and O–H groups in total. The smallest absolute Gasteiger partial charge is 0.135 e. The average Bonchev–Trinajstić information content (AvgIpc) is 2.65. The maximum absolute atomic E-state index is 11.6. The van der Waals surface area contributed by atoms with Crippen LogP contribution in [0.2, 0.25) is 0 Å². The van der Waals surface area contributed by atoms with Crippen molar-refractivity contribution in [1.29, 1.82) is 0 Å². The predicted octanol–water partition coefficient (Wildman–Crippen LogP) is 4.13. The lowest BCUT2D eigenvalue weighted by Crippen LogP contribution is -2.19. The first-order valence-electron chi connectivity index (χ1n) is 6.85. The fourth-order valence-corrected chi connectivity index (χ4v) is 3.28. The monoisotopic (exact) mass is 220 g/mol. The van der Waals surface area contributed by atoms with Crippen LogP contribution in [0.4, 0.5) is 0 Å². The van der Waals surface area contributed by atoms with E-state index in [2.05, 4.69) is 19.9 Å². The Bertz CT molecular complexity index is 290. The molecule has 1 nitrogen and oxygen atoms in total. The number of carbonyl (C=O) groups is 1. The van der Waals surface area contributed by atoms with Gasteiger partial charge < -0.3 is 0 Å². The molecular weight excluding hydrogens is 196 g/mol. The van der Waals surface area contributed by atoms with Gasteiger partial charge in [-0.25, -0.2) is 0 Å². The van der Waals surface area contributed by atoms with Gasteiger partial charge in [0.05, 0.1) is 0 Å². The SMILES string of the molecule is CC1=CC[C@H]([C@H](C)C[C@H]2CCCC2=O)CC1. The van der Waals surface area contributed by atoms with Crippen molar-refractivity contribution in [3.8, 4) is 0 Å². The van der Waals surface area contributed by atoms with Gasteiger partial charge in [-0.1, -0.05) is 18.6 Å². The highest BCUT2D eigenvalue weighted by Crippen LogP contribution is 2.35. The second kappa shape index (κ2) is 5.16. The molecule has 0 radical (unpaired) electrons. The number of hydrogen-bond donors (Lipinski definition) is 0. The summed E-state index contributed by atoms with van der Waals surface area (Å²) in [5.74, 6) is 2.50. The van der Waals surface area contributed by atoms with Gasteiger partial charge in [0.1, 0.15) is 5.78 Å². The fourth-order valence-electron chi connectivity index (χ4n) is 3.28. The van der Waals surface area contributed by atoms with Crippen LogP contribution in [0.25, 0.3) is 0 Å². The van der Waals surface area contributed by atoms with E-state index >= 15 is 0 Å². The molecule has 1 fully saturated rings. The molecule has 2 aliphatic rings. The van der Waals surface area contributed by atoms with Crippen molar-refractivity contribution in [2.75, 3.05) is 0 Å². The highest BCUT2D eigenvalue weighted by Gasteiger charge is 2.28. The number of allylic oxidation sites excluding steroid dienone is 2. The number of hydrogen-bond acceptors (Lipinski definition) is 1. The average molecular weight is 220 g/mol. The molecule has 3 atom stereocenters. The molecule has 0 amide bonds. The first-order chi connectivity index (χ1) is 7.66. The molecule has 90 valence electrons. The van der Waals surface area contributed by atoms with Crippen molar-refractivity contribution >= 4 is 5.78 Å². The molecule has 0 aliphatic heterocycles. The molecule has 2 rings (SSSR count). The minimum absolute atomic E-state index is 0.405. The molecule has 0 aromatic carbocycles. The van der Waals surface area contributed by atoms with Gasteiger partial charge in [-0.05, 0) is 57.3 Å². The van der Waals surface area contributed by atoms with E-state index in [9.17, 15) is 4.79 Å². The van der Waals surface area contributed by atoms with Crippen molar-refractivity contribution in [3.05, 3.63) is 11.6 Å². The summed E-state index contributed by atoms with van der Waals surface area (Å²) in [7, 11) is 0. The molecule has 0 aromatic rings. The highest BCUT2D eigenvalue weighted by atomic mass is 16.1. The van der Waals surface area contributed by atoms with Gasteiger partial charge in [0, 0.05) is 12.3 Å². The van der Waals surface area contributed by atoms with E-state index in [-0.39, 0.29) is 0 Å². The number of carbonyl (C=O) groups excluding carboxylic acids is 1. The second-order valence-electron chi connectivity index (χ2n) is 5.85. The van der Waals surface area contributed by atoms with Crippen molar-refractivity contribution in [3.63, 3.8) is 0 Å². The second-order valence-corrected chi connectivity index (χ2v) is 5.85. The first kappa shape index (κ1) is 11.9. The Morgan fingerprint density at radius 3 is 2.75 bits per heavy atom. The Morgan fingerprint density at radius 1 is 1.38 bits per heavy atom. The molecule has 0 spiro atoms. The Labute approximate surface area is 99.3 Å². The van der Waals surface area contributed by atoms with E-state index in [1.54, 1.807) is 5.57 Å². The minimum Gasteiger partial charge on any atom is -0.299 e. The van der Waals surface area contributed by atoms with Crippen LogP contribution >= 0.6 is 0 Å². The Kier molecular flexibility index (Phi) is 3.83. The lowest BCUT2D eigenvalue weighted by molar-refractivity contribution is -0.121. The fraction of sp³-hybridized carbons (Fsp3) is 0.800. The molecule has 0 unspecified atom stereocenters. The van der Waals surface area contributed by atoms with Gasteiger partial charge in [-0.15, -0.1) is 0 Å². The van der Waals surface area contributed by atoms with Crippen LogP contribution in [0.15, 0.2) is 11.6 Å². The third kappa shape index (κ3) is 2.75. The summed E-state index contributed by atoms with van der Waals surface area (Å²) in [6.45, 7) is 4.59. The summed E-state index contributed by atoms with van der Waals surface area (Å²) in [6, 6.07) is 0. The van der Waals surface area contributed by atoms with Gasteiger partial charge in [-0.2, -0.15) is 0 Å². The van der Waals surface area contributed by atoms with E-state index in [0.717, 1.165) is 37.5 Å². The lowest BCUT2D eigenvalue weighted by atomic mass is 9.77. The summed E-state index contributed by atoms with van der Waals surface area (Å²) < 4.78 is 0. The van der Waals surface area contributed by atoms with Gasteiger partial charge in [0.25, 0.3) is 0 Å². The summed E-state index contributed by atoms with van der Waals surface area (Å²) in [4.78, 5) is 11.6. The van der Waals surface area contributed by atoms with E-state index < -0.39 is 0 Å². The predicted molar refractivity (Wildman–Crippen MR) is 67.2 cm³/mol. The van der Waals surface area contributed by atoms with E-state index in [1.165, 1.54) is 19.3 Å². The molecule has 0 heterocycles. The normalized spacial score (nSPS) is 32.6. The molecule has 2 aliphatic carbocycles. The lowest BCUT2D eigenvalue weighted by Gasteiger charge is -2.28. The van der Waals surface area contributed by atoms with Crippen molar-refractivity contribution < 1.29 is 4.79 Å². The van der Waals surface area contributed by atoms with Crippen molar-refractivity contribution in [1.82, 2.24) is 0 Å². The van der Waals surface area contributed by atoms with Gasteiger partial charge >= 0.3 is 0 Å². The third-order valence-corrected chi connectivity index (χ3v) is 4.57.